The molecule has 1 fully saturated rings. The Morgan fingerprint density at radius 2 is 1.84 bits per heavy atom. The van der Waals surface area contributed by atoms with Crippen molar-refractivity contribution >= 4 is 5.78 Å². The minimum Gasteiger partial charge on any atom is -0.496 e. The highest BCUT2D eigenvalue weighted by Gasteiger charge is 2.38. The van der Waals surface area contributed by atoms with E-state index in [1.54, 1.807) is 7.11 Å². The molecule has 2 heteroatoms. The van der Waals surface area contributed by atoms with Gasteiger partial charge in [0.1, 0.15) is 5.75 Å². The van der Waals surface area contributed by atoms with Crippen molar-refractivity contribution in [1.82, 2.24) is 0 Å². The first-order chi connectivity index (χ1) is 9.13. The molecule has 0 radical (unpaired) electrons. The molecule has 2 aliphatic rings. The Labute approximate surface area is 115 Å². The Morgan fingerprint density at radius 3 is 2.47 bits per heavy atom. The molecule has 1 saturated carbocycles. The quantitative estimate of drug-likeness (QED) is 0.805. The van der Waals surface area contributed by atoms with E-state index in [1.165, 1.54) is 31.2 Å². The van der Waals surface area contributed by atoms with Crippen LogP contribution < -0.4 is 4.74 Å². The molecular formula is C17H22O2. The lowest BCUT2D eigenvalue weighted by Gasteiger charge is -2.15. The number of ether oxygens (including phenoxy) is 1. The molecule has 1 atom stereocenters. The van der Waals surface area contributed by atoms with Crippen LogP contribution in [0.25, 0.3) is 0 Å². The number of carbonyl (C=O) groups excluding carboxylic acids is 1. The van der Waals surface area contributed by atoms with E-state index >= 15 is 0 Å². The van der Waals surface area contributed by atoms with E-state index in [0.29, 0.717) is 11.7 Å². The van der Waals surface area contributed by atoms with Crippen molar-refractivity contribution < 1.29 is 9.53 Å². The smallest absolute Gasteiger partial charge is 0.167 e. The van der Waals surface area contributed by atoms with Crippen molar-refractivity contribution in [1.29, 1.82) is 0 Å². The average Bonchev–Trinajstić information content (AvgIpc) is 3.01. The lowest BCUT2D eigenvalue weighted by molar-refractivity contribution is 0.0894. The molecule has 0 N–H and O–H groups in total. The number of hydrogen-bond acceptors (Lipinski definition) is 2. The zero-order valence-corrected chi connectivity index (χ0v) is 12.1. The number of fused-ring (bicyclic) bond motifs is 1. The van der Waals surface area contributed by atoms with Crippen LogP contribution in [0.15, 0.2) is 6.07 Å². The minimum absolute atomic E-state index is 0.239. The first kappa shape index (κ1) is 12.7. The third kappa shape index (κ3) is 1.89. The number of Topliss-reactive ketones (excluding diaryl/α,β-unsaturated/α-hetero) is 1. The van der Waals surface area contributed by atoms with Gasteiger partial charge in [-0.2, -0.15) is 0 Å². The summed E-state index contributed by atoms with van der Waals surface area (Å²) in [4.78, 5) is 12.7. The van der Waals surface area contributed by atoms with Crippen molar-refractivity contribution in [3.63, 3.8) is 0 Å². The largest absolute Gasteiger partial charge is 0.496 e. The second-order valence-electron chi connectivity index (χ2n) is 6.08. The summed E-state index contributed by atoms with van der Waals surface area (Å²) in [5, 5.41) is 0. The second kappa shape index (κ2) is 4.66. The lowest BCUT2D eigenvalue weighted by Crippen LogP contribution is -2.18. The Hall–Kier alpha value is -1.31. The van der Waals surface area contributed by atoms with Gasteiger partial charge in [-0.25, -0.2) is 0 Å². The summed E-state index contributed by atoms with van der Waals surface area (Å²) in [6, 6.07) is 2.09. The zero-order valence-electron chi connectivity index (χ0n) is 12.1. The monoisotopic (exact) mass is 258 g/mol. The van der Waals surface area contributed by atoms with Gasteiger partial charge >= 0.3 is 0 Å². The zero-order chi connectivity index (χ0) is 13.6. The molecular weight excluding hydrogens is 236 g/mol. The number of benzene rings is 1. The predicted molar refractivity (Wildman–Crippen MR) is 76.0 cm³/mol. The van der Waals surface area contributed by atoms with E-state index in [9.17, 15) is 4.79 Å². The van der Waals surface area contributed by atoms with Gasteiger partial charge in [0.2, 0.25) is 0 Å². The van der Waals surface area contributed by atoms with Crippen LogP contribution >= 0.6 is 0 Å². The highest BCUT2D eigenvalue weighted by atomic mass is 16.5. The fourth-order valence-corrected chi connectivity index (χ4v) is 3.92. The molecule has 1 aromatic carbocycles. The van der Waals surface area contributed by atoms with Gasteiger partial charge in [0.15, 0.2) is 5.78 Å². The average molecular weight is 258 g/mol. The molecule has 1 unspecified atom stereocenters. The fraction of sp³-hybridized carbons (Fsp3) is 0.588. The first-order valence-electron chi connectivity index (χ1n) is 7.34. The molecule has 2 nitrogen and oxygen atoms in total. The number of methoxy groups -OCH3 is 1. The predicted octanol–water partition coefficient (Wildman–Crippen LogP) is 3.86. The van der Waals surface area contributed by atoms with E-state index in [-0.39, 0.29) is 5.92 Å². The maximum Gasteiger partial charge on any atom is 0.167 e. The van der Waals surface area contributed by atoms with Crippen LogP contribution in [0.2, 0.25) is 0 Å². The van der Waals surface area contributed by atoms with Crippen LogP contribution in [0.3, 0.4) is 0 Å². The van der Waals surface area contributed by atoms with Gasteiger partial charge in [-0.05, 0) is 61.8 Å². The Kier molecular flexibility index (Phi) is 3.12. The maximum absolute atomic E-state index is 12.7. The van der Waals surface area contributed by atoms with Gasteiger partial charge in [-0.15, -0.1) is 0 Å². The van der Waals surface area contributed by atoms with Gasteiger partial charge in [-0.1, -0.05) is 12.8 Å². The highest BCUT2D eigenvalue weighted by Crippen LogP contribution is 2.42. The number of rotatable bonds is 2. The van der Waals surface area contributed by atoms with Gasteiger partial charge in [-0.3, -0.25) is 4.79 Å². The number of carbonyl (C=O) groups is 1. The molecule has 1 aromatic rings. The molecule has 0 aliphatic heterocycles. The van der Waals surface area contributed by atoms with Gasteiger partial charge in [0, 0.05) is 11.5 Å². The van der Waals surface area contributed by atoms with E-state index in [2.05, 4.69) is 13.0 Å². The van der Waals surface area contributed by atoms with Crippen molar-refractivity contribution in [2.24, 2.45) is 11.8 Å². The molecule has 2 aliphatic carbocycles. The van der Waals surface area contributed by atoms with E-state index in [1.807, 2.05) is 6.92 Å². The molecule has 102 valence electrons. The van der Waals surface area contributed by atoms with Crippen LogP contribution in [-0.4, -0.2) is 12.9 Å². The second-order valence-corrected chi connectivity index (χ2v) is 6.08. The summed E-state index contributed by atoms with van der Waals surface area (Å²) in [7, 11) is 1.71. The van der Waals surface area contributed by atoms with Gasteiger partial charge in [0.25, 0.3) is 0 Å². The third-order valence-corrected chi connectivity index (χ3v) is 5.15. The summed E-state index contributed by atoms with van der Waals surface area (Å²) in [5.74, 6) is 2.18. The lowest BCUT2D eigenvalue weighted by atomic mass is 9.87. The number of ketones is 1. The molecule has 0 saturated heterocycles. The van der Waals surface area contributed by atoms with Crippen LogP contribution in [0.4, 0.5) is 0 Å². The summed E-state index contributed by atoms with van der Waals surface area (Å²) < 4.78 is 5.44. The molecule has 0 aromatic heterocycles. The summed E-state index contributed by atoms with van der Waals surface area (Å²) in [6.45, 7) is 4.11. The van der Waals surface area contributed by atoms with Crippen LogP contribution in [0, 0.1) is 25.7 Å². The standard InChI is InChI=1S/C17H22O2/c1-10-11(2)16-13(9-15(10)19-3)8-14(17(16)18)12-6-4-5-7-12/h9,12,14H,4-8H2,1-3H3. The molecule has 0 heterocycles. The van der Waals surface area contributed by atoms with Crippen molar-refractivity contribution in [2.75, 3.05) is 7.11 Å². The van der Waals surface area contributed by atoms with Crippen LogP contribution in [0.1, 0.15) is 52.7 Å². The maximum atomic E-state index is 12.7. The van der Waals surface area contributed by atoms with Crippen molar-refractivity contribution in [3.8, 4) is 5.75 Å². The van der Waals surface area contributed by atoms with E-state index in [4.69, 9.17) is 4.74 Å². The van der Waals surface area contributed by atoms with Gasteiger partial charge < -0.3 is 4.74 Å². The van der Waals surface area contributed by atoms with Crippen LogP contribution in [-0.2, 0) is 6.42 Å². The van der Waals surface area contributed by atoms with Crippen molar-refractivity contribution in [3.05, 3.63) is 28.3 Å². The van der Waals surface area contributed by atoms with E-state index in [0.717, 1.165) is 28.9 Å². The summed E-state index contributed by atoms with van der Waals surface area (Å²) >= 11 is 0. The topological polar surface area (TPSA) is 26.3 Å². The fourth-order valence-electron chi connectivity index (χ4n) is 3.92. The molecule has 0 amide bonds. The Morgan fingerprint density at radius 1 is 1.16 bits per heavy atom. The van der Waals surface area contributed by atoms with Crippen molar-refractivity contribution in [2.45, 2.75) is 46.0 Å². The Balaban J connectivity index is 2.00. The number of hydrogen-bond donors (Lipinski definition) is 0. The van der Waals surface area contributed by atoms with E-state index < -0.39 is 0 Å². The Bertz CT molecular complexity index is 525. The molecule has 19 heavy (non-hydrogen) atoms. The summed E-state index contributed by atoms with van der Waals surface area (Å²) in [6.07, 6.45) is 5.99. The molecule has 3 rings (SSSR count). The SMILES string of the molecule is COc1cc2c(c(C)c1C)C(=O)C(C1CCCC1)C2. The highest BCUT2D eigenvalue weighted by molar-refractivity contribution is 6.04. The third-order valence-electron chi connectivity index (χ3n) is 5.15. The molecule has 0 bridgehead atoms. The first-order valence-corrected chi connectivity index (χ1v) is 7.34. The molecule has 0 spiro atoms. The normalized spacial score (nSPS) is 22.9. The van der Waals surface area contributed by atoms with Gasteiger partial charge in [0.05, 0.1) is 7.11 Å². The summed E-state index contributed by atoms with van der Waals surface area (Å²) in [5.41, 5.74) is 4.44. The minimum atomic E-state index is 0.239. The van der Waals surface area contributed by atoms with Crippen LogP contribution in [0.5, 0.6) is 5.75 Å².